The summed E-state index contributed by atoms with van der Waals surface area (Å²) >= 11 is 0. The first-order valence-corrected chi connectivity index (χ1v) is 13.2. The van der Waals surface area contributed by atoms with Crippen LogP contribution in [0.15, 0.2) is 84.9 Å². The molecule has 3 aliphatic rings. The molecule has 3 aliphatic heterocycles. The molecular weight excluding hydrogens is 544 g/mol. The monoisotopic (exact) mass is 578 g/mol. The molecule has 0 unspecified atom stereocenters. The maximum absolute atomic E-state index is 13.6. The van der Waals surface area contributed by atoms with Crippen molar-refractivity contribution in [2.75, 3.05) is 38.1 Å². The number of rotatable bonds is 10. The summed E-state index contributed by atoms with van der Waals surface area (Å²) in [5, 5.41) is 3.36. The number of piperidine rings is 3. The van der Waals surface area contributed by atoms with Crippen LogP contribution in [-0.4, -0.2) is 55.1 Å². The van der Waals surface area contributed by atoms with Crippen LogP contribution in [0.1, 0.15) is 41.7 Å². The average molecular weight is 580 g/mol. The van der Waals surface area contributed by atoms with E-state index in [1.807, 2.05) is 91.9 Å². The van der Waals surface area contributed by atoms with Gasteiger partial charge in [-0.15, -0.1) is 0 Å². The number of fused-ring (bicyclic) bond motifs is 3. The Morgan fingerprint density at radius 1 is 0.921 bits per heavy atom. The first kappa shape index (κ1) is 27.9. The number of nitrogens with zero attached hydrogens (tertiary/aromatic N) is 1. The molecule has 0 spiro atoms. The fourth-order valence-corrected chi connectivity index (χ4v) is 5.72. The number of halogens is 1. The summed E-state index contributed by atoms with van der Waals surface area (Å²) in [7, 11) is 0. The zero-order valence-corrected chi connectivity index (χ0v) is 23.3. The maximum atomic E-state index is 13.6. The molecule has 0 aromatic heterocycles. The summed E-state index contributed by atoms with van der Waals surface area (Å²) < 4.78 is 12.4. The highest BCUT2D eigenvalue weighted by molar-refractivity contribution is 5.97. The highest BCUT2D eigenvalue weighted by atomic mass is 79.9. The van der Waals surface area contributed by atoms with Gasteiger partial charge in [-0.05, 0) is 48.9 Å². The number of ether oxygens (including phenoxy) is 2. The molecule has 6 nitrogen and oxygen atoms in total. The second-order valence-corrected chi connectivity index (χ2v) is 10.2. The number of hydrogen-bond acceptors (Lipinski definition) is 5. The molecule has 3 fully saturated rings. The minimum Gasteiger partial charge on any atom is -1.00 e. The highest BCUT2D eigenvalue weighted by Gasteiger charge is 2.49. The molecule has 1 N–H and O–H groups in total. The van der Waals surface area contributed by atoms with E-state index < -0.39 is 6.04 Å². The van der Waals surface area contributed by atoms with E-state index >= 15 is 0 Å². The predicted octanol–water partition coefficient (Wildman–Crippen LogP) is 2.28. The Bertz CT molecular complexity index is 1200. The SMILES string of the molecule is CCOc1ccc(C(=O)C[N+]23CCC(CC2)[C@@H](OC(=O)[C@H](Nc2ccccc2)c2ccccc2)C3)cc1.[Br-]. The number of para-hydroxylation sites is 1. The average Bonchev–Trinajstić information content (AvgIpc) is 2.94. The van der Waals surface area contributed by atoms with Crippen LogP contribution in [-0.2, 0) is 9.53 Å². The molecule has 3 heterocycles. The minimum absolute atomic E-state index is 0. The van der Waals surface area contributed by atoms with Gasteiger partial charge in [0.15, 0.2) is 12.1 Å². The topological polar surface area (TPSA) is 64.6 Å². The lowest BCUT2D eigenvalue weighted by atomic mass is 9.82. The molecule has 2 bridgehead atoms. The quantitative estimate of drug-likeness (QED) is 0.227. The lowest BCUT2D eigenvalue weighted by Crippen LogP contribution is -3.00. The molecule has 3 aromatic rings. The summed E-state index contributed by atoms with van der Waals surface area (Å²) in [5.41, 5.74) is 2.44. The van der Waals surface area contributed by atoms with Crippen molar-refractivity contribution in [3.63, 3.8) is 0 Å². The Hall–Kier alpha value is -3.16. The van der Waals surface area contributed by atoms with Crippen molar-refractivity contribution in [2.24, 2.45) is 5.92 Å². The second kappa shape index (κ2) is 12.6. The number of carbonyl (C=O) groups excluding carboxylic acids is 2. The van der Waals surface area contributed by atoms with E-state index in [1.54, 1.807) is 0 Å². The van der Waals surface area contributed by atoms with Crippen LogP contribution in [0.5, 0.6) is 5.75 Å². The Morgan fingerprint density at radius 2 is 1.55 bits per heavy atom. The maximum Gasteiger partial charge on any atom is 0.333 e. The van der Waals surface area contributed by atoms with Crippen molar-refractivity contribution in [2.45, 2.75) is 31.9 Å². The predicted molar refractivity (Wildman–Crippen MR) is 144 cm³/mol. The third kappa shape index (κ3) is 6.45. The molecule has 200 valence electrons. The number of carbonyl (C=O) groups is 2. The van der Waals surface area contributed by atoms with E-state index in [-0.39, 0.29) is 34.8 Å². The van der Waals surface area contributed by atoms with E-state index in [4.69, 9.17) is 9.47 Å². The summed E-state index contributed by atoms with van der Waals surface area (Å²) in [6.45, 7) is 5.56. The van der Waals surface area contributed by atoms with Gasteiger partial charge in [-0.3, -0.25) is 4.79 Å². The van der Waals surface area contributed by atoms with Crippen molar-refractivity contribution in [3.05, 3.63) is 96.1 Å². The molecule has 0 aliphatic carbocycles. The number of benzene rings is 3. The van der Waals surface area contributed by atoms with Crippen LogP contribution in [0.2, 0.25) is 0 Å². The molecule has 3 saturated heterocycles. The summed E-state index contributed by atoms with van der Waals surface area (Å²) in [5.74, 6) is 0.970. The fourth-order valence-electron chi connectivity index (χ4n) is 5.72. The number of ketones is 1. The first-order valence-electron chi connectivity index (χ1n) is 13.2. The van der Waals surface area contributed by atoms with Crippen LogP contribution in [0.3, 0.4) is 0 Å². The van der Waals surface area contributed by atoms with Crippen molar-refractivity contribution in [3.8, 4) is 5.75 Å². The zero-order valence-electron chi connectivity index (χ0n) is 21.7. The van der Waals surface area contributed by atoms with Gasteiger partial charge in [0.25, 0.3) is 0 Å². The van der Waals surface area contributed by atoms with Crippen molar-refractivity contribution < 1.29 is 40.5 Å². The third-order valence-corrected chi connectivity index (χ3v) is 7.73. The van der Waals surface area contributed by atoms with Crippen LogP contribution in [0, 0.1) is 5.92 Å². The summed E-state index contributed by atoms with van der Waals surface area (Å²) in [4.78, 5) is 26.8. The number of quaternary nitrogens is 1. The normalized spacial score (nSPS) is 22.6. The molecule has 0 radical (unpaired) electrons. The van der Waals surface area contributed by atoms with E-state index in [9.17, 15) is 9.59 Å². The lowest BCUT2D eigenvalue weighted by molar-refractivity contribution is -0.938. The highest BCUT2D eigenvalue weighted by Crippen LogP contribution is 2.37. The lowest BCUT2D eigenvalue weighted by Gasteiger charge is -2.51. The Morgan fingerprint density at radius 3 is 2.18 bits per heavy atom. The molecular formula is C31H35BrN2O4. The van der Waals surface area contributed by atoms with Gasteiger partial charge in [0, 0.05) is 30.0 Å². The van der Waals surface area contributed by atoms with Crippen LogP contribution in [0.4, 0.5) is 5.69 Å². The van der Waals surface area contributed by atoms with E-state index in [2.05, 4.69) is 5.32 Å². The molecule has 2 atom stereocenters. The number of Topliss-reactive ketones (excluding diaryl/α,β-unsaturated/α-hetero) is 1. The van der Waals surface area contributed by atoms with Crippen molar-refractivity contribution in [1.29, 1.82) is 0 Å². The number of nitrogens with one attached hydrogen (secondary N) is 1. The summed E-state index contributed by atoms with van der Waals surface area (Å²) in [6.07, 6.45) is 1.75. The molecule has 7 heteroatoms. The third-order valence-electron chi connectivity index (χ3n) is 7.73. The standard InChI is InChI=1S/C31H35N2O4.BrH/c1-2-36-27-15-13-23(14-16-27)28(34)21-33-19-17-24(18-20-33)29(22-33)37-31(35)30(25-9-5-3-6-10-25)32-26-11-7-4-8-12-26;/h3-16,24,29-30,32H,2,17-22H2,1H3;1H/q+1;/p-1/t24?,29-,30+,33?;/m0./s1. The van der Waals surface area contributed by atoms with Gasteiger partial charge < -0.3 is 36.3 Å². The van der Waals surface area contributed by atoms with Gasteiger partial charge in [-0.1, -0.05) is 48.5 Å². The van der Waals surface area contributed by atoms with Gasteiger partial charge in [-0.2, -0.15) is 0 Å². The van der Waals surface area contributed by atoms with E-state index in [0.29, 0.717) is 35.7 Å². The van der Waals surface area contributed by atoms with Crippen LogP contribution >= 0.6 is 0 Å². The Labute approximate surface area is 235 Å². The van der Waals surface area contributed by atoms with Gasteiger partial charge in [0.05, 0.1) is 19.7 Å². The van der Waals surface area contributed by atoms with Gasteiger partial charge in [0.2, 0.25) is 5.78 Å². The van der Waals surface area contributed by atoms with Gasteiger partial charge >= 0.3 is 5.97 Å². The zero-order chi connectivity index (χ0) is 25.7. The van der Waals surface area contributed by atoms with E-state index in [0.717, 1.165) is 42.9 Å². The fraction of sp³-hybridized carbons (Fsp3) is 0.355. The van der Waals surface area contributed by atoms with Crippen molar-refractivity contribution >= 4 is 17.4 Å². The molecule has 0 saturated carbocycles. The smallest absolute Gasteiger partial charge is 0.333 e. The van der Waals surface area contributed by atoms with Crippen LogP contribution in [0.25, 0.3) is 0 Å². The first-order chi connectivity index (χ1) is 18.0. The molecule has 6 rings (SSSR count). The Kier molecular flexibility index (Phi) is 9.23. The van der Waals surface area contributed by atoms with Gasteiger partial charge in [-0.25, -0.2) is 4.79 Å². The second-order valence-electron chi connectivity index (χ2n) is 10.2. The van der Waals surface area contributed by atoms with E-state index in [1.165, 1.54) is 0 Å². The Balaban J connectivity index is 0.00000336. The molecule has 3 aromatic carbocycles. The molecule has 0 amide bonds. The molecule has 38 heavy (non-hydrogen) atoms. The van der Waals surface area contributed by atoms with Crippen LogP contribution < -0.4 is 27.0 Å². The summed E-state index contributed by atoms with van der Waals surface area (Å²) in [6, 6.07) is 26.2. The number of anilines is 1. The largest absolute Gasteiger partial charge is 1.00 e. The minimum atomic E-state index is -0.599. The van der Waals surface area contributed by atoms with Gasteiger partial charge in [0.1, 0.15) is 18.8 Å². The van der Waals surface area contributed by atoms with Crippen molar-refractivity contribution in [1.82, 2.24) is 0 Å². The number of esters is 1. The number of hydrogen-bond donors (Lipinski definition) is 1.